The monoisotopic (exact) mass is 421 g/mol. The summed E-state index contributed by atoms with van der Waals surface area (Å²) in [5.41, 5.74) is 0.883. The van der Waals surface area contributed by atoms with E-state index in [4.69, 9.17) is 14.2 Å². The Labute approximate surface area is 177 Å². The molecule has 30 heavy (non-hydrogen) atoms. The van der Waals surface area contributed by atoms with Crippen molar-refractivity contribution in [1.82, 2.24) is 5.32 Å². The van der Waals surface area contributed by atoms with Crippen LogP contribution in [0.5, 0.6) is 0 Å². The van der Waals surface area contributed by atoms with E-state index in [-0.39, 0.29) is 56.5 Å². The Kier molecular flexibility index (Phi) is 13.8. The maximum atomic E-state index is 11.7. The van der Waals surface area contributed by atoms with E-state index in [9.17, 15) is 19.2 Å². The molecule has 0 fully saturated rings. The van der Waals surface area contributed by atoms with E-state index in [1.807, 2.05) is 30.3 Å². The van der Waals surface area contributed by atoms with Crippen molar-refractivity contribution < 1.29 is 33.4 Å². The highest BCUT2D eigenvalue weighted by molar-refractivity contribution is 5.84. The molecule has 0 atom stereocenters. The van der Waals surface area contributed by atoms with Crippen molar-refractivity contribution in [2.45, 2.75) is 45.6 Å². The van der Waals surface area contributed by atoms with Crippen LogP contribution >= 0.6 is 0 Å². The maximum absolute atomic E-state index is 11.7. The Bertz CT molecular complexity index is 661. The molecule has 1 N–H and O–H groups in total. The van der Waals surface area contributed by atoms with E-state index in [1.54, 1.807) is 0 Å². The smallest absolute Gasteiger partial charge is 0.325 e. The van der Waals surface area contributed by atoms with Crippen molar-refractivity contribution in [3.8, 4) is 0 Å². The highest BCUT2D eigenvalue weighted by Gasteiger charge is 2.07. The number of carbonyl (C=O) groups excluding carboxylic acids is 4. The molecule has 0 bridgehead atoms. The molecule has 0 aliphatic rings. The Hall–Kier alpha value is -2.58. The van der Waals surface area contributed by atoms with Crippen LogP contribution in [-0.4, -0.2) is 56.4 Å². The van der Waals surface area contributed by atoms with Gasteiger partial charge in [-0.1, -0.05) is 30.3 Å². The second-order valence-corrected chi connectivity index (χ2v) is 6.74. The van der Waals surface area contributed by atoms with Crippen LogP contribution < -0.4 is 5.32 Å². The number of benzene rings is 1. The van der Waals surface area contributed by atoms with Gasteiger partial charge in [-0.2, -0.15) is 0 Å². The number of hydrogen-bond donors (Lipinski definition) is 1. The number of rotatable bonds is 17. The highest BCUT2D eigenvalue weighted by Crippen LogP contribution is 2.00. The van der Waals surface area contributed by atoms with Crippen LogP contribution in [0.15, 0.2) is 30.3 Å². The zero-order valence-electron chi connectivity index (χ0n) is 17.5. The fraction of sp³-hybridized carbons (Fsp3) is 0.545. The summed E-state index contributed by atoms with van der Waals surface area (Å²) in [6.07, 6.45) is 1.67. The number of carbonyl (C=O) groups is 4. The topological polar surface area (TPSA) is 108 Å². The summed E-state index contributed by atoms with van der Waals surface area (Å²) in [7, 11) is 0. The lowest BCUT2D eigenvalue weighted by Crippen LogP contribution is -2.31. The molecule has 0 radical (unpaired) electrons. The number of Topliss-reactive ketones (excluding diaryl/α,β-unsaturated/α-hetero) is 2. The number of ether oxygens (including phenoxy) is 3. The van der Waals surface area contributed by atoms with Gasteiger partial charge in [0.05, 0.1) is 13.2 Å². The van der Waals surface area contributed by atoms with Gasteiger partial charge in [0, 0.05) is 38.9 Å². The van der Waals surface area contributed by atoms with Gasteiger partial charge in [-0.15, -0.1) is 0 Å². The van der Waals surface area contributed by atoms with E-state index in [0.29, 0.717) is 32.7 Å². The highest BCUT2D eigenvalue weighted by atomic mass is 16.5. The summed E-state index contributed by atoms with van der Waals surface area (Å²) >= 11 is 0. The largest absolute Gasteiger partial charge is 0.460 e. The zero-order chi connectivity index (χ0) is 22.0. The first-order valence-corrected chi connectivity index (χ1v) is 10.1. The van der Waals surface area contributed by atoms with Crippen molar-refractivity contribution in [2.24, 2.45) is 0 Å². The number of amides is 1. The lowest BCUT2D eigenvalue weighted by Gasteiger charge is -2.07. The van der Waals surface area contributed by atoms with Crippen molar-refractivity contribution in [3.63, 3.8) is 0 Å². The summed E-state index contributed by atoms with van der Waals surface area (Å²) < 4.78 is 15.8. The standard InChI is InChI=1S/C22H31NO7/c1-18(24)8-9-20(25)10-14-28-12-5-13-29-15-11-21(26)23-16-22(27)30-17-19-6-3-2-4-7-19/h2-4,6-7H,5,8-17H2,1H3,(H,23,26). The molecule has 0 saturated heterocycles. The third kappa shape index (κ3) is 14.4. The molecule has 0 spiro atoms. The normalized spacial score (nSPS) is 10.4. The molecule has 8 nitrogen and oxygen atoms in total. The molecule has 1 rings (SSSR count). The first kappa shape index (κ1) is 25.5. The first-order valence-electron chi connectivity index (χ1n) is 10.1. The van der Waals surface area contributed by atoms with Crippen LogP contribution in [0.2, 0.25) is 0 Å². The van der Waals surface area contributed by atoms with E-state index in [0.717, 1.165) is 5.56 Å². The van der Waals surface area contributed by atoms with Gasteiger partial charge >= 0.3 is 5.97 Å². The van der Waals surface area contributed by atoms with Crippen LogP contribution in [0, 0.1) is 0 Å². The van der Waals surface area contributed by atoms with Gasteiger partial charge < -0.3 is 24.3 Å². The summed E-state index contributed by atoms with van der Waals surface area (Å²) in [5.74, 6) is -0.744. The third-order valence-corrected chi connectivity index (χ3v) is 4.00. The van der Waals surface area contributed by atoms with Gasteiger partial charge in [-0.25, -0.2) is 0 Å². The maximum Gasteiger partial charge on any atom is 0.325 e. The molecule has 0 saturated carbocycles. The number of nitrogens with one attached hydrogen (secondary N) is 1. The average molecular weight is 421 g/mol. The molecule has 1 aromatic rings. The Morgan fingerprint density at radius 1 is 0.833 bits per heavy atom. The van der Waals surface area contributed by atoms with E-state index in [1.165, 1.54) is 6.92 Å². The molecule has 0 aromatic heterocycles. The molecule has 1 amide bonds. The Morgan fingerprint density at radius 2 is 1.50 bits per heavy atom. The van der Waals surface area contributed by atoms with Gasteiger partial charge in [0.1, 0.15) is 24.7 Å². The van der Waals surface area contributed by atoms with E-state index < -0.39 is 5.97 Å². The lowest BCUT2D eigenvalue weighted by molar-refractivity contribution is -0.145. The quantitative estimate of drug-likeness (QED) is 0.303. The summed E-state index contributed by atoms with van der Waals surface area (Å²) in [6.45, 7) is 2.94. The Balaban J connectivity index is 1.90. The van der Waals surface area contributed by atoms with Crippen LogP contribution in [-0.2, 0) is 40.0 Å². The second kappa shape index (κ2) is 16.2. The fourth-order valence-corrected chi connectivity index (χ4v) is 2.31. The van der Waals surface area contributed by atoms with Crippen molar-refractivity contribution in [1.29, 1.82) is 0 Å². The molecule has 0 unspecified atom stereocenters. The van der Waals surface area contributed by atoms with E-state index in [2.05, 4.69) is 5.32 Å². The van der Waals surface area contributed by atoms with Gasteiger partial charge in [-0.05, 0) is 18.9 Å². The minimum absolute atomic E-state index is 0.0121. The molecule has 166 valence electrons. The average Bonchev–Trinajstić information content (AvgIpc) is 2.74. The van der Waals surface area contributed by atoms with Crippen molar-refractivity contribution in [3.05, 3.63) is 35.9 Å². The SMILES string of the molecule is CC(=O)CCC(=O)CCOCCCOCCC(=O)NCC(=O)OCc1ccccc1. The van der Waals surface area contributed by atoms with Crippen molar-refractivity contribution in [2.75, 3.05) is 33.0 Å². The van der Waals surface area contributed by atoms with Gasteiger partial charge in [0.15, 0.2) is 0 Å². The lowest BCUT2D eigenvalue weighted by atomic mass is 10.1. The number of hydrogen-bond acceptors (Lipinski definition) is 7. The molecule has 0 heterocycles. The summed E-state index contributed by atoms with van der Waals surface area (Å²) in [4.78, 5) is 45.5. The van der Waals surface area contributed by atoms with Crippen LogP contribution in [0.4, 0.5) is 0 Å². The van der Waals surface area contributed by atoms with Crippen LogP contribution in [0.1, 0.15) is 44.6 Å². The molecule has 0 aliphatic heterocycles. The summed E-state index contributed by atoms with van der Waals surface area (Å²) in [6, 6.07) is 9.30. The fourth-order valence-electron chi connectivity index (χ4n) is 2.31. The first-order chi connectivity index (χ1) is 14.5. The molecule has 1 aromatic carbocycles. The predicted octanol–water partition coefficient (Wildman–Crippen LogP) is 1.99. The van der Waals surface area contributed by atoms with Crippen LogP contribution in [0.25, 0.3) is 0 Å². The number of ketones is 2. The molecule has 0 aliphatic carbocycles. The van der Waals surface area contributed by atoms with Gasteiger partial charge in [-0.3, -0.25) is 14.4 Å². The molecule has 8 heteroatoms. The van der Waals surface area contributed by atoms with Gasteiger partial charge in [0.25, 0.3) is 0 Å². The van der Waals surface area contributed by atoms with E-state index >= 15 is 0 Å². The molecular formula is C22H31NO7. The third-order valence-electron chi connectivity index (χ3n) is 4.00. The summed E-state index contributed by atoms with van der Waals surface area (Å²) in [5, 5.41) is 2.49. The van der Waals surface area contributed by atoms with Crippen LogP contribution in [0.3, 0.4) is 0 Å². The predicted molar refractivity (Wildman–Crippen MR) is 110 cm³/mol. The zero-order valence-corrected chi connectivity index (χ0v) is 17.5. The van der Waals surface area contributed by atoms with Gasteiger partial charge in [0.2, 0.25) is 5.91 Å². The minimum Gasteiger partial charge on any atom is -0.460 e. The Morgan fingerprint density at radius 3 is 2.17 bits per heavy atom. The minimum atomic E-state index is -0.495. The second-order valence-electron chi connectivity index (χ2n) is 6.74. The molecular weight excluding hydrogens is 390 g/mol. The van der Waals surface area contributed by atoms with Crippen molar-refractivity contribution >= 4 is 23.4 Å². The number of esters is 1.